The molecule has 0 unspecified atom stereocenters. The Morgan fingerprint density at radius 2 is 1.71 bits per heavy atom. The maximum atomic E-state index is 13.4. The van der Waals surface area contributed by atoms with Gasteiger partial charge in [0.15, 0.2) is 0 Å². The van der Waals surface area contributed by atoms with Crippen LogP contribution in [-0.4, -0.2) is 18.1 Å². The maximum Gasteiger partial charge on any atom is 0.417 e. The molecule has 28 heavy (non-hydrogen) atoms. The lowest BCUT2D eigenvalue weighted by Gasteiger charge is -2.15. The highest BCUT2D eigenvalue weighted by molar-refractivity contribution is 6.30. The molecule has 144 valence electrons. The van der Waals surface area contributed by atoms with Crippen molar-refractivity contribution in [1.29, 1.82) is 0 Å². The highest BCUT2D eigenvalue weighted by atomic mass is 35.5. The number of nitrogens with one attached hydrogen (secondary N) is 1. The topological polar surface area (TPSA) is 51.2 Å². The lowest BCUT2D eigenvalue weighted by atomic mass is 10.0. The number of alkyl halides is 3. The van der Waals surface area contributed by atoms with Gasteiger partial charge in [0.2, 0.25) is 0 Å². The van der Waals surface area contributed by atoms with E-state index in [1.54, 1.807) is 24.3 Å². The Morgan fingerprint density at radius 1 is 1.04 bits per heavy atom. The monoisotopic (exact) mass is 406 g/mol. The maximum absolute atomic E-state index is 13.4. The molecule has 0 aliphatic carbocycles. The van der Waals surface area contributed by atoms with E-state index in [1.165, 1.54) is 37.6 Å². The summed E-state index contributed by atoms with van der Waals surface area (Å²) in [5.74, 6) is -0.476. The first kappa shape index (κ1) is 19.7. The third kappa shape index (κ3) is 4.43. The van der Waals surface area contributed by atoms with E-state index in [1.807, 2.05) is 0 Å². The zero-order valence-electron chi connectivity index (χ0n) is 14.5. The fraction of sp³-hybridized carbons (Fsp3) is 0.100. The second kappa shape index (κ2) is 7.90. The summed E-state index contributed by atoms with van der Waals surface area (Å²) in [5.41, 5.74) is 0.599. The Bertz CT molecular complexity index is 1010. The van der Waals surface area contributed by atoms with Crippen LogP contribution in [0.25, 0.3) is 11.3 Å². The molecule has 0 aliphatic heterocycles. The molecule has 0 amide bonds. The number of esters is 1. The van der Waals surface area contributed by atoms with Gasteiger partial charge in [0, 0.05) is 28.2 Å². The predicted molar refractivity (Wildman–Crippen MR) is 101 cm³/mol. The summed E-state index contributed by atoms with van der Waals surface area (Å²) < 4.78 is 44.9. The molecule has 1 aromatic heterocycles. The summed E-state index contributed by atoms with van der Waals surface area (Å²) in [4.78, 5) is 15.5. The molecule has 0 bridgehead atoms. The van der Waals surface area contributed by atoms with Crippen LogP contribution < -0.4 is 5.32 Å². The van der Waals surface area contributed by atoms with Crippen molar-refractivity contribution >= 4 is 28.9 Å². The van der Waals surface area contributed by atoms with Gasteiger partial charge in [0.05, 0.1) is 23.9 Å². The number of benzene rings is 2. The third-order valence-corrected chi connectivity index (χ3v) is 4.15. The van der Waals surface area contributed by atoms with Gasteiger partial charge in [-0.15, -0.1) is 0 Å². The molecule has 0 radical (unpaired) electrons. The van der Waals surface area contributed by atoms with Crippen molar-refractivity contribution in [3.63, 3.8) is 0 Å². The first-order valence-corrected chi connectivity index (χ1v) is 8.44. The number of hydrogen-bond donors (Lipinski definition) is 1. The highest BCUT2D eigenvalue weighted by Crippen LogP contribution is 2.38. The third-order valence-electron chi connectivity index (χ3n) is 3.92. The molecule has 2 aromatic carbocycles. The van der Waals surface area contributed by atoms with Crippen LogP contribution in [-0.2, 0) is 10.9 Å². The SMILES string of the molecule is COC(=O)c1ccc(Nc2ccc(C(F)(F)F)c(-c3cc(Cl)ccn3)c2)cc1. The van der Waals surface area contributed by atoms with E-state index in [9.17, 15) is 18.0 Å². The van der Waals surface area contributed by atoms with E-state index in [2.05, 4.69) is 15.0 Å². The Hall–Kier alpha value is -3.06. The number of nitrogens with zero attached hydrogens (tertiary/aromatic N) is 1. The Morgan fingerprint density at radius 3 is 2.32 bits per heavy atom. The molecular weight excluding hydrogens is 393 g/mol. The van der Waals surface area contributed by atoms with Crippen LogP contribution >= 0.6 is 11.6 Å². The fourth-order valence-corrected chi connectivity index (χ4v) is 2.77. The normalized spacial score (nSPS) is 11.2. The number of rotatable bonds is 4. The fourth-order valence-electron chi connectivity index (χ4n) is 2.61. The molecule has 0 saturated carbocycles. The number of hydrogen-bond acceptors (Lipinski definition) is 4. The van der Waals surface area contributed by atoms with Crippen molar-refractivity contribution < 1.29 is 22.7 Å². The van der Waals surface area contributed by atoms with E-state index >= 15 is 0 Å². The minimum absolute atomic E-state index is 0.0915. The van der Waals surface area contributed by atoms with Gasteiger partial charge in [-0.1, -0.05) is 11.6 Å². The number of carbonyl (C=O) groups is 1. The van der Waals surface area contributed by atoms with E-state index < -0.39 is 17.7 Å². The highest BCUT2D eigenvalue weighted by Gasteiger charge is 2.34. The van der Waals surface area contributed by atoms with Crippen LogP contribution in [0.15, 0.2) is 60.8 Å². The first-order chi connectivity index (χ1) is 13.3. The number of carbonyl (C=O) groups excluding carboxylic acids is 1. The summed E-state index contributed by atoms with van der Waals surface area (Å²) in [5, 5.41) is 3.30. The Kier molecular flexibility index (Phi) is 5.56. The quantitative estimate of drug-likeness (QED) is 0.544. The number of halogens is 4. The molecule has 8 heteroatoms. The summed E-state index contributed by atoms with van der Waals surface area (Å²) in [6, 6.07) is 12.9. The van der Waals surface area contributed by atoms with Crippen molar-refractivity contribution in [3.05, 3.63) is 76.9 Å². The average Bonchev–Trinajstić information content (AvgIpc) is 2.67. The minimum Gasteiger partial charge on any atom is -0.465 e. The van der Waals surface area contributed by atoms with Crippen molar-refractivity contribution in [2.45, 2.75) is 6.18 Å². The number of anilines is 2. The average molecular weight is 407 g/mol. The zero-order valence-corrected chi connectivity index (χ0v) is 15.3. The van der Waals surface area contributed by atoms with E-state index in [4.69, 9.17) is 11.6 Å². The standard InChI is InChI=1S/C20H14ClF3N2O2/c1-28-19(27)12-2-4-14(5-3-12)26-15-6-7-17(20(22,23)24)16(11-15)18-10-13(21)8-9-25-18/h2-11,26H,1H3. The van der Waals surface area contributed by atoms with Crippen molar-refractivity contribution in [3.8, 4) is 11.3 Å². The van der Waals surface area contributed by atoms with Crippen LogP contribution in [0, 0.1) is 0 Å². The predicted octanol–water partition coefficient (Wildman–Crippen LogP) is 5.95. The van der Waals surface area contributed by atoms with Crippen LogP contribution in [0.1, 0.15) is 15.9 Å². The molecule has 4 nitrogen and oxygen atoms in total. The summed E-state index contributed by atoms with van der Waals surface area (Å²) >= 11 is 5.91. The second-order valence-corrected chi connectivity index (χ2v) is 6.25. The van der Waals surface area contributed by atoms with Gasteiger partial charge < -0.3 is 10.1 Å². The number of ether oxygens (including phenoxy) is 1. The Balaban J connectivity index is 1.97. The van der Waals surface area contributed by atoms with Crippen LogP contribution in [0.5, 0.6) is 0 Å². The van der Waals surface area contributed by atoms with Gasteiger partial charge >= 0.3 is 12.1 Å². The molecular formula is C20H14ClF3N2O2. The number of aromatic nitrogens is 1. The van der Waals surface area contributed by atoms with Crippen molar-refractivity contribution in [2.75, 3.05) is 12.4 Å². The summed E-state index contributed by atoms with van der Waals surface area (Å²) in [7, 11) is 1.28. The molecule has 3 rings (SSSR count). The lowest BCUT2D eigenvalue weighted by molar-refractivity contribution is -0.137. The zero-order chi connectivity index (χ0) is 20.3. The minimum atomic E-state index is -4.54. The lowest BCUT2D eigenvalue weighted by Crippen LogP contribution is -2.08. The molecule has 1 N–H and O–H groups in total. The van der Waals surface area contributed by atoms with Gasteiger partial charge in [0.1, 0.15) is 0 Å². The first-order valence-electron chi connectivity index (χ1n) is 8.06. The van der Waals surface area contributed by atoms with Crippen LogP contribution in [0.4, 0.5) is 24.5 Å². The van der Waals surface area contributed by atoms with E-state index in [-0.39, 0.29) is 16.3 Å². The number of methoxy groups -OCH3 is 1. The van der Waals surface area contributed by atoms with Crippen molar-refractivity contribution in [1.82, 2.24) is 4.98 Å². The molecule has 1 heterocycles. The molecule has 0 spiro atoms. The van der Waals surface area contributed by atoms with Crippen LogP contribution in [0.3, 0.4) is 0 Å². The van der Waals surface area contributed by atoms with Crippen LogP contribution in [0.2, 0.25) is 5.02 Å². The second-order valence-electron chi connectivity index (χ2n) is 5.81. The van der Waals surface area contributed by atoms with Gasteiger partial charge in [-0.25, -0.2) is 4.79 Å². The van der Waals surface area contributed by atoms with Crippen molar-refractivity contribution in [2.24, 2.45) is 0 Å². The van der Waals surface area contributed by atoms with Gasteiger partial charge in [0.25, 0.3) is 0 Å². The molecule has 0 aliphatic rings. The summed E-state index contributed by atoms with van der Waals surface area (Å²) in [6.07, 6.45) is -3.19. The smallest absolute Gasteiger partial charge is 0.417 e. The van der Waals surface area contributed by atoms with Gasteiger partial charge in [-0.05, 0) is 54.6 Å². The molecule has 0 saturated heterocycles. The molecule has 3 aromatic rings. The molecule has 0 fully saturated rings. The molecule has 0 atom stereocenters. The van der Waals surface area contributed by atoms with Gasteiger partial charge in [-0.3, -0.25) is 4.98 Å². The van der Waals surface area contributed by atoms with E-state index in [0.29, 0.717) is 16.9 Å². The van der Waals surface area contributed by atoms with Gasteiger partial charge in [-0.2, -0.15) is 13.2 Å². The summed E-state index contributed by atoms with van der Waals surface area (Å²) in [6.45, 7) is 0. The Labute approximate surface area is 163 Å². The van der Waals surface area contributed by atoms with E-state index in [0.717, 1.165) is 6.07 Å². The largest absolute Gasteiger partial charge is 0.465 e. The number of pyridine rings is 1.